The fourth-order valence-corrected chi connectivity index (χ4v) is 2.27. The smallest absolute Gasteiger partial charge is 0.238 e. The molecule has 6 nitrogen and oxygen atoms in total. The Kier molecular flexibility index (Phi) is 3.82. The highest BCUT2D eigenvalue weighted by Crippen LogP contribution is 2.20. The van der Waals surface area contributed by atoms with Crippen LogP contribution in [-0.4, -0.2) is 33.5 Å². The van der Waals surface area contributed by atoms with Crippen LogP contribution in [0.4, 0.5) is 5.69 Å². The Morgan fingerprint density at radius 3 is 2.21 bits per heavy atom. The third kappa shape index (κ3) is 3.90. The molecule has 1 aliphatic heterocycles. The molecule has 2 rings (SSSR count). The van der Waals surface area contributed by atoms with Gasteiger partial charge >= 0.3 is 0 Å². The molecule has 0 spiro atoms. The molecular weight excluding hydrogens is 268 g/mol. The summed E-state index contributed by atoms with van der Waals surface area (Å²) in [6.45, 7) is 4.79. The molecule has 7 heteroatoms. The van der Waals surface area contributed by atoms with Crippen molar-refractivity contribution in [2.45, 2.75) is 30.6 Å². The molecule has 0 atom stereocenters. The highest BCUT2D eigenvalue weighted by atomic mass is 32.2. The van der Waals surface area contributed by atoms with Crippen molar-refractivity contribution in [2.75, 3.05) is 18.5 Å². The summed E-state index contributed by atoms with van der Waals surface area (Å²) >= 11 is 0. The first-order valence-corrected chi connectivity index (χ1v) is 7.48. The molecule has 0 amide bonds. The van der Waals surface area contributed by atoms with E-state index in [1.807, 2.05) is 13.8 Å². The summed E-state index contributed by atoms with van der Waals surface area (Å²) in [6, 6.07) is 6.30. The van der Waals surface area contributed by atoms with Crippen LogP contribution in [0.25, 0.3) is 0 Å². The Morgan fingerprint density at radius 2 is 1.74 bits per heavy atom. The van der Waals surface area contributed by atoms with Crippen molar-refractivity contribution < 1.29 is 17.9 Å². The number of primary sulfonamides is 1. The van der Waals surface area contributed by atoms with Crippen LogP contribution in [0.15, 0.2) is 29.2 Å². The van der Waals surface area contributed by atoms with Gasteiger partial charge in [0.1, 0.15) is 0 Å². The van der Waals surface area contributed by atoms with Crippen molar-refractivity contribution in [1.29, 1.82) is 0 Å². The average molecular weight is 286 g/mol. The van der Waals surface area contributed by atoms with Crippen LogP contribution in [0.5, 0.6) is 0 Å². The zero-order valence-electron chi connectivity index (χ0n) is 10.9. The Balaban J connectivity index is 1.97. The van der Waals surface area contributed by atoms with Gasteiger partial charge < -0.3 is 14.8 Å². The normalized spacial score (nSPS) is 20.2. The summed E-state index contributed by atoms with van der Waals surface area (Å²) in [5.41, 5.74) is 0.796. The van der Waals surface area contributed by atoms with E-state index in [-0.39, 0.29) is 10.9 Å². The van der Waals surface area contributed by atoms with E-state index in [4.69, 9.17) is 14.6 Å². The summed E-state index contributed by atoms with van der Waals surface area (Å²) < 4.78 is 33.3. The fraction of sp³-hybridized carbons (Fsp3) is 0.500. The van der Waals surface area contributed by atoms with Crippen LogP contribution in [0.3, 0.4) is 0 Å². The van der Waals surface area contributed by atoms with Crippen LogP contribution in [0.2, 0.25) is 0 Å². The second-order valence-corrected chi connectivity index (χ2v) is 6.49. The molecule has 1 heterocycles. The van der Waals surface area contributed by atoms with Crippen LogP contribution in [0, 0.1) is 0 Å². The number of hydrogen-bond donors (Lipinski definition) is 2. The highest BCUT2D eigenvalue weighted by molar-refractivity contribution is 7.89. The molecule has 1 aromatic rings. The van der Waals surface area contributed by atoms with E-state index in [2.05, 4.69) is 5.32 Å². The van der Waals surface area contributed by atoms with Gasteiger partial charge in [-0.15, -0.1) is 0 Å². The third-order valence-electron chi connectivity index (χ3n) is 2.82. The van der Waals surface area contributed by atoms with Crippen LogP contribution in [-0.2, 0) is 19.5 Å². The van der Waals surface area contributed by atoms with E-state index in [1.54, 1.807) is 12.1 Å². The van der Waals surface area contributed by atoms with E-state index in [1.165, 1.54) is 12.1 Å². The largest absolute Gasteiger partial charge is 0.378 e. The number of anilines is 1. The predicted molar refractivity (Wildman–Crippen MR) is 71.2 cm³/mol. The first-order valence-electron chi connectivity index (χ1n) is 5.94. The van der Waals surface area contributed by atoms with Crippen LogP contribution >= 0.6 is 0 Å². The summed E-state index contributed by atoms with van der Waals surface area (Å²) in [4.78, 5) is 0.0929. The minimum absolute atomic E-state index is 0.0355. The molecule has 3 N–H and O–H groups in total. The Hall–Kier alpha value is -1.15. The van der Waals surface area contributed by atoms with Crippen molar-refractivity contribution in [3.05, 3.63) is 24.3 Å². The molecule has 0 saturated carbocycles. The quantitative estimate of drug-likeness (QED) is 0.861. The summed E-state index contributed by atoms with van der Waals surface area (Å²) in [5.74, 6) is -0.546. The zero-order valence-corrected chi connectivity index (χ0v) is 11.7. The topological polar surface area (TPSA) is 90.6 Å². The van der Waals surface area contributed by atoms with E-state index < -0.39 is 15.8 Å². The van der Waals surface area contributed by atoms with Crippen molar-refractivity contribution in [1.82, 2.24) is 0 Å². The maximum atomic E-state index is 11.1. The molecule has 106 valence electrons. The second kappa shape index (κ2) is 5.09. The molecule has 1 saturated heterocycles. The van der Waals surface area contributed by atoms with E-state index in [0.717, 1.165) is 5.69 Å². The molecule has 1 aromatic carbocycles. The van der Waals surface area contributed by atoms with Gasteiger partial charge in [-0.1, -0.05) is 0 Å². The van der Waals surface area contributed by atoms with E-state index >= 15 is 0 Å². The Labute approximate surface area is 112 Å². The third-order valence-corrected chi connectivity index (χ3v) is 3.75. The monoisotopic (exact) mass is 286 g/mol. The molecule has 0 unspecified atom stereocenters. The molecule has 19 heavy (non-hydrogen) atoms. The molecular formula is C12H18N2O4S. The van der Waals surface area contributed by atoms with E-state index in [0.29, 0.717) is 13.2 Å². The summed E-state index contributed by atoms with van der Waals surface area (Å²) in [6.07, 6.45) is 0. The van der Waals surface area contributed by atoms with Crippen LogP contribution in [0.1, 0.15) is 13.8 Å². The highest BCUT2D eigenvalue weighted by Gasteiger charge is 2.28. The van der Waals surface area contributed by atoms with Crippen molar-refractivity contribution in [3.8, 4) is 0 Å². The van der Waals surface area contributed by atoms with Crippen molar-refractivity contribution >= 4 is 15.7 Å². The van der Waals surface area contributed by atoms with Gasteiger partial charge in [0.15, 0.2) is 5.79 Å². The second-order valence-electron chi connectivity index (χ2n) is 4.93. The molecule has 0 aliphatic carbocycles. The molecule has 1 fully saturated rings. The predicted octanol–water partition coefficient (Wildman–Crippen LogP) is 0.897. The fourth-order valence-electron chi connectivity index (χ4n) is 1.75. The molecule has 0 radical (unpaired) electrons. The van der Waals surface area contributed by atoms with Gasteiger partial charge in [-0.2, -0.15) is 0 Å². The lowest BCUT2D eigenvalue weighted by molar-refractivity contribution is -0.247. The molecule has 1 aliphatic rings. The lowest BCUT2D eigenvalue weighted by atomic mass is 10.2. The Bertz CT molecular complexity index is 529. The van der Waals surface area contributed by atoms with Crippen LogP contribution < -0.4 is 10.5 Å². The van der Waals surface area contributed by atoms with E-state index in [9.17, 15) is 8.42 Å². The van der Waals surface area contributed by atoms with Gasteiger partial charge in [0, 0.05) is 5.69 Å². The minimum atomic E-state index is -3.65. The number of sulfonamides is 1. The van der Waals surface area contributed by atoms with Crippen molar-refractivity contribution in [3.63, 3.8) is 0 Å². The first-order chi connectivity index (χ1) is 8.76. The summed E-state index contributed by atoms with van der Waals surface area (Å²) in [7, 11) is -3.65. The number of rotatable bonds is 3. The number of ether oxygens (including phenoxy) is 2. The zero-order chi connectivity index (χ0) is 14.1. The number of nitrogens with one attached hydrogen (secondary N) is 1. The minimum Gasteiger partial charge on any atom is -0.378 e. The van der Waals surface area contributed by atoms with Gasteiger partial charge in [-0.05, 0) is 38.1 Å². The van der Waals surface area contributed by atoms with Crippen molar-refractivity contribution in [2.24, 2.45) is 5.14 Å². The van der Waals surface area contributed by atoms with Gasteiger partial charge in [0.25, 0.3) is 0 Å². The van der Waals surface area contributed by atoms with Gasteiger partial charge in [-0.3, -0.25) is 0 Å². The molecule has 0 bridgehead atoms. The lowest BCUT2D eigenvalue weighted by Gasteiger charge is -2.35. The number of benzene rings is 1. The van der Waals surface area contributed by atoms with Gasteiger partial charge in [-0.25, -0.2) is 13.6 Å². The Morgan fingerprint density at radius 1 is 1.21 bits per heavy atom. The average Bonchev–Trinajstić information content (AvgIpc) is 2.31. The first kappa shape index (κ1) is 14.3. The summed E-state index contributed by atoms with van der Waals surface area (Å²) in [5, 5.41) is 8.24. The van der Waals surface area contributed by atoms with Gasteiger partial charge in [0.2, 0.25) is 10.0 Å². The molecule has 0 aromatic heterocycles. The standard InChI is InChI=1S/C12H18N2O4S/c1-12(2)17-7-10(8-18-12)14-9-3-5-11(6-4-9)19(13,15)16/h3-6,10,14H,7-8H2,1-2H3,(H2,13,15,16). The lowest BCUT2D eigenvalue weighted by Crippen LogP contribution is -2.45. The number of nitrogens with two attached hydrogens (primary N) is 1. The SMILES string of the molecule is CC1(C)OCC(Nc2ccc(S(N)(=O)=O)cc2)CO1. The van der Waals surface area contributed by atoms with Gasteiger partial charge in [0.05, 0.1) is 24.2 Å². The number of hydrogen-bond acceptors (Lipinski definition) is 5. The maximum Gasteiger partial charge on any atom is 0.238 e. The maximum absolute atomic E-state index is 11.1.